The number of pyridine rings is 1. The lowest BCUT2D eigenvalue weighted by Gasteiger charge is -2.15. The van der Waals surface area contributed by atoms with Crippen LogP contribution in [0.5, 0.6) is 5.75 Å². The third-order valence-corrected chi connectivity index (χ3v) is 4.70. The summed E-state index contributed by atoms with van der Waals surface area (Å²) in [6.07, 6.45) is 1.35. The molecule has 1 aromatic heterocycles. The maximum atomic E-state index is 14.2. The first kappa shape index (κ1) is 20.1. The second kappa shape index (κ2) is 8.13. The van der Waals surface area contributed by atoms with Crippen molar-refractivity contribution in [1.29, 1.82) is 0 Å². The molecule has 0 unspecified atom stereocenters. The fourth-order valence-electron chi connectivity index (χ4n) is 2.74. The van der Waals surface area contributed by atoms with Crippen LogP contribution >= 0.6 is 22.6 Å². The van der Waals surface area contributed by atoms with Crippen LogP contribution in [-0.4, -0.2) is 17.1 Å². The van der Waals surface area contributed by atoms with Crippen LogP contribution < -0.4 is 21.2 Å². The van der Waals surface area contributed by atoms with Crippen LogP contribution in [0.2, 0.25) is 0 Å². The van der Waals surface area contributed by atoms with Gasteiger partial charge in [-0.1, -0.05) is 0 Å². The number of halogens is 3. The molecule has 146 valence electrons. The van der Waals surface area contributed by atoms with Gasteiger partial charge in [0.05, 0.1) is 41.5 Å². The van der Waals surface area contributed by atoms with E-state index in [1.165, 1.54) is 29.0 Å². The molecule has 0 saturated heterocycles. The van der Waals surface area contributed by atoms with Gasteiger partial charge < -0.3 is 20.4 Å². The van der Waals surface area contributed by atoms with E-state index in [2.05, 4.69) is 5.32 Å². The number of aryl methyl sites for hydroxylation is 1. The van der Waals surface area contributed by atoms with Crippen molar-refractivity contribution in [2.75, 3.05) is 11.9 Å². The molecule has 9 heteroatoms. The van der Waals surface area contributed by atoms with Gasteiger partial charge in [0, 0.05) is 10.6 Å². The van der Waals surface area contributed by atoms with Crippen LogP contribution in [0.25, 0.3) is 10.9 Å². The van der Waals surface area contributed by atoms with Gasteiger partial charge in [0.1, 0.15) is 11.6 Å². The van der Waals surface area contributed by atoms with Gasteiger partial charge in [0.2, 0.25) is 11.3 Å². The minimum Gasteiger partial charge on any atom is -0.487 e. The molecule has 28 heavy (non-hydrogen) atoms. The quantitative estimate of drug-likeness (QED) is 0.510. The number of hydrogen-bond donors (Lipinski definition) is 2. The number of rotatable bonds is 6. The molecule has 0 spiro atoms. The number of hydrogen-bond acceptors (Lipinski definition) is 4. The highest BCUT2D eigenvalue weighted by molar-refractivity contribution is 14.1. The van der Waals surface area contributed by atoms with E-state index < -0.39 is 23.0 Å². The Bertz CT molecular complexity index is 1130. The molecule has 0 atom stereocenters. The van der Waals surface area contributed by atoms with E-state index >= 15 is 0 Å². The van der Waals surface area contributed by atoms with E-state index in [-0.39, 0.29) is 35.5 Å². The number of aromatic nitrogens is 1. The van der Waals surface area contributed by atoms with Gasteiger partial charge in [-0.05, 0) is 52.9 Å². The summed E-state index contributed by atoms with van der Waals surface area (Å²) in [5.74, 6) is -1.70. The number of ether oxygens (including phenoxy) is 1. The average Bonchev–Trinajstić information content (AvgIpc) is 2.61. The number of primary amides is 1. The van der Waals surface area contributed by atoms with E-state index in [4.69, 9.17) is 10.5 Å². The van der Waals surface area contributed by atoms with Crippen molar-refractivity contribution in [3.8, 4) is 5.75 Å². The molecule has 0 aliphatic rings. The second-order valence-electron chi connectivity index (χ2n) is 6.09. The Kier molecular flexibility index (Phi) is 5.82. The highest BCUT2D eigenvalue weighted by atomic mass is 127. The van der Waals surface area contributed by atoms with E-state index in [1.54, 1.807) is 13.1 Å². The standard InChI is InChI=1S/C19H16F2IN3O3/c1-25-9-16(28-5-4-17(23)26)19(27)18-14(6-10(20)7-15(18)25)24-13-3-2-11(22)8-12(13)21/h2-3,6-9,24H,4-5H2,1H3,(H2,23,26). The van der Waals surface area contributed by atoms with Crippen molar-refractivity contribution in [3.63, 3.8) is 0 Å². The summed E-state index contributed by atoms with van der Waals surface area (Å²) in [6.45, 7) is -0.0637. The number of nitrogens with two attached hydrogens (primary N) is 1. The lowest BCUT2D eigenvalue weighted by molar-refractivity contribution is -0.118. The summed E-state index contributed by atoms with van der Waals surface area (Å²) in [4.78, 5) is 23.8. The highest BCUT2D eigenvalue weighted by Crippen LogP contribution is 2.29. The Morgan fingerprint density at radius 2 is 2.00 bits per heavy atom. The number of carbonyl (C=O) groups excluding carboxylic acids is 1. The molecule has 0 aliphatic carbocycles. The first-order chi connectivity index (χ1) is 13.3. The normalized spacial score (nSPS) is 10.9. The van der Waals surface area contributed by atoms with Crippen LogP contribution in [0.1, 0.15) is 6.42 Å². The van der Waals surface area contributed by atoms with Gasteiger partial charge in [-0.3, -0.25) is 9.59 Å². The van der Waals surface area contributed by atoms with E-state index in [9.17, 15) is 18.4 Å². The highest BCUT2D eigenvalue weighted by Gasteiger charge is 2.16. The molecule has 0 aliphatic heterocycles. The topological polar surface area (TPSA) is 86.3 Å². The van der Waals surface area contributed by atoms with Crippen LogP contribution in [0.4, 0.5) is 20.2 Å². The van der Waals surface area contributed by atoms with Gasteiger partial charge in [-0.15, -0.1) is 0 Å². The van der Waals surface area contributed by atoms with E-state index in [0.29, 0.717) is 9.09 Å². The summed E-state index contributed by atoms with van der Waals surface area (Å²) in [7, 11) is 1.62. The molecule has 2 aromatic carbocycles. The van der Waals surface area contributed by atoms with Gasteiger partial charge in [0.15, 0.2) is 5.75 Å². The summed E-state index contributed by atoms with van der Waals surface area (Å²) in [6, 6.07) is 6.84. The lowest BCUT2D eigenvalue weighted by atomic mass is 10.1. The third-order valence-electron chi connectivity index (χ3n) is 4.03. The zero-order valence-corrected chi connectivity index (χ0v) is 16.9. The molecule has 6 nitrogen and oxygen atoms in total. The number of nitrogens with one attached hydrogen (secondary N) is 1. The zero-order chi connectivity index (χ0) is 20.4. The number of benzene rings is 2. The first-order valence-corrected chi connectivity index (χ1v) is 9.30. The number of nitrogens with zero attached hydrogens (tertiary/aromatic N) is 1. The summed E-state index contributed by atoms with van der Waals surface area (Å²) in [5, 5.41) is 2.93. The second-order valence-corrected chi connectivity index (χ2v) is 7.34. The summed E-state index contributed by atoms with van der Waals surface area (Å²) < 4.78 is 36.0. The smallest absolute Gasteiger partial charge is 0.233 e. The Morgan fingerprint density at radius 1 is 1.25 bits per heavy atom. The fourth-order valence-corrected chi connectivity index (χ4v) is 3.19. The van der Waals surface area contributed by atoms with Crippen LogP contribution in [0, 0.1) is 15.2 Å². The largest absolute Gasteiger partial charge is 0.487 e. The number of anilines is 2. The van der Waals surface area contributed by atoms with Gasteiger partial charge in [0.25, 0.3) is 0 Å². The molecule has 0 fully saturated rings. The van der Waals surface area contributed by atoms with Crippen molar-refractivity contribution >= 4 is 50.8 Å². The van der Waals surface area contributed by atoms with Crippen molar-refractivity contribution in [2.24, 2.45) is 12.8 Å². The fraction of sp³-hybridized carbons (Fsp3) is 0.158. The first-order valence-electron chi connectivity index (χ1n) is 8.22. The average molecular weight is 499 g/mol. The van der Waals surface area contributed by atoms with Crippen molar-refractivity contribution in [2.45, 2.75) is 6.42 Å². The van der Waals surface area contributed by atoms with Crippen LogP contribution in [0.15, 0.2) is 41.3 Å². The molecule has 0 radical (unpaired) electrons. The minimum atomic E-state index is -0.585. The molecular weight excluding hydrogens is 483 g/mol. The minimum absolute atomic E-state index is 0.0195. The third kappa shape index (κ3) is 4.24. The Hall–Kier alpha value is -2.69. The van der Waals surface area contributed by atoms with E-state index in [1.807, 2.05) is 22.6 Å². The molecular formula is C19H16F2IN3O3. The maximum Gasteiger partial charge on any atom is 0.233 e. The van der Waals surface area contributed by atoms with Crippen molar-refractivity contribution in [3.05, 3.63) is 62.0 Å². The molecule has 3 aromatic rings. The molecule has 3 rings (SSSR count). The number of fused-ring (bicyclic) bond motifs is 1. The Morgan fingerprint density at radius 3 is 2.68 bits per heavy atom. The van der Waals surface area contributed by atoms with Crippen LogP contribution in [-0.2, 0) is 11.8 Å². The summed E-state index contributed by atoms with van der Waals surface area (Å²) >= 11 is 1.97. The summed E-state index contributed by atoms with van der Waals surface area (Å²) in [5.41, 5.74) is 5.09. The maximum absolute atomic E-state index is 14.2. The molecule has 1 amide bonds. The van der Waals surface area contributed by atoms with Gasteiger partial charge >= 0.3 is 0 Å². The number of carbonyl (C=O) groups is 1. The molecule has 0 bridgehead atoms. The molecule has 0 saturated carbocycles. The van der Waals surface area contributed by atoms with Gasteiger partial charge in [-0.2, -0.15) is 0 Å². The zero-order valence-electron chi connectivity index (χ0n) is 14.8. The predicted molar refractivity (Wildman–Crippen MR) is 111 cm³/mol. The van der Waals surface area contributed by atoms with E-state index in [0.717, 1.165) is 6.07 Å². The monoisotopic (exact) mass is 499 g/mol. The number of amides is 1. The van der Waals surface area contributed by atoms with Crippen molar-refractivity contribution in [1.82, 2.24) is 4.57 Å². The SMILES string of the molecule is Cn1cc(OCCC(N)=O)c(=O)c2c(Nc3ccc(I)cc3F)cc(F)cc21. The Balaban J connectivity index is 2.12. The van der Waals surface area contributed by atoms with Gasteiger partial charge in [-0.25, -0.2) is 8.78 Å². The predicted octanol–water partition coefficient (Wildman–Crippen LogP) is 3.42. The Labute approximate surface area is 172 Å². The molecule has 3 N–H and O–H groups in total. The molecule has 1 heterocycles. The lowest BCUT2D eigenvalue weighted by Crippen LogP contribution is -2.18. The van der Waals surface area contributed by atoms with Crippen molar-refractivity contribution < 1.29 is 18.3 Å². The van der Waals surface area contributed by atoms with Crippen LogP contribution in [0.3, 0.4) is 0 Å².